The first-order valence-corrected chi connectivity index (χ1v) is 7.36. The van der Waals surface area contributed by atoms with Crippen LogP contribution in [0.15, 0.2) is 34.1 Å². The van der Waals surface area contributed by atoms with Gasteiger partial charge in [0.25, 0.3) is 0 Å². The molecule has 0 fully saturated rings. The number of hydrogen-bond donors (Lipinski definition) is 0. The zero-order valence-corrected chi connectivity index (χ0v) is 12.5. The summed E-state index contributed by atoms with van der Waals surface area (Å²) < 4.78 is 1.13. The predicted molar refractivity (Wildman–Crippen MR) is 77.9 cm³/mol. The van der Waals surface area contributed by atoms with Crippen LogP contribution >= 0.6 is 38.9 Å². The summed E-state index contributed by atoms with van der Waals surface area (Å²) in [5, 5.41) is 3.00. The first-order valence-electron chi connectivity index (χ1n) is 5.15. The van der Waals surface area contributed by atoms with Gasteiger partial charge in [0.05, 0.1) is 11.6 Å². The van der Waals surface area contributed by atoms with E-state index in [-0.39, 0.29) is 0 Å². The highest BCUT2D eigenvalue weighted by Crippen LogP contribution is 2.24. The second-order valence-electron chi connectivity index (χ2n) is 3.70. The minimum Gasteiger partial charge on any atom is -0.347 e. The van der Waals surface area contributed by atoms with E-state index in [2.05, 4.69) is 37.9 Å². The molecule has 0 spiro atoms. The van der Waals surface area contributed by atoms with Crippen LogP contribution in [0.4, 0.5) is 5.13 Å². The van der Waals surface area contributed by atoms with Gasteiger partial charge >= 0.3 is 0 Å². The van der Waals surface area contributed by atoms with Crippen LogP contribution in [0, 0.1) is 0 Å². The van der Waals surface area contributed by atoms with Crippen LogP contribution < -0.4 is 4.90 Å². The largest absolute Gasteiger partial charge is 0.347 e. The van der Waals surface area contributed by atoms with Gasteiger partial charge in [0.15, 0.2) is 5.13 Å². The van der Waals surface area contributed by atoms with Crippen molar-refractivity contribution in [2.24, 2.45) is 0 Å². The maximum atomic E-state index is 5.75. The third-order valence-electron chi connectivity index (χ3n) is 2.37. The highest BCUT2D eigenvalue weighted by molar-refractivity contribution is 9.10. The Kier molecular flexibility index (Phi) is 4.42. The molecule has 1 aromatic carbocycles. The van der Waals surface area contributed by atoms with E-state index in [0.717, 1.165) is 21.8 Å². The summed E-state index contributed by atoms with van der Waals surface area (Å²) in [5.74, 6) is 0.472. The summed E-state index contributed by atoms with van der Waals surface area (Å²) in [4.78, 5) is 6.58. The lowest BCUT2D eigenvalue weighted by Crippen LogP contribution is -2.16. The van der Waals surface area contributed by atoms with Crippen LogP contribution in [0.3, 0.4) is 0 Å². The lowest BCUT2D eigenvalue weighted by atomic mass is 10.2. The van der Waals surface area contributed by atoms with E-state index in [4.69, 9.17) is 11.6 Å². The van der Waals surface area contributed by atoms with E-state index in [9.17, 15) is 0 Å². The van der Waals surface area contributed by atoms with Crippen molar-refractivity contribution in [2.45, 2.75) is 12.4 Å². The van der Waals surface area contributed by atoms with E-state index >= 15 is 0 Å². The lowest BCUT2D eigenvalue weighted by molar-refractivity contribution is 0.906. The summed E-state index contributed by atoms with van der Waals surface area (Å²) in [6, 6.07) is 8.22. The third-order valence-corrected chi connectivity index (χ3v) is 4.42. The Morgan fingerprint density at radius 3 is 2.82 bits per heavy atom. The maximum Gasteiger partial charge on any atom is 0.185 e. The molecule has 1 aromatic heterocycles. The van der Waals surface area contributed by atoms with Gasteiger partial charge in [-0.3, -0.25) is 0 Å². The second-order valence-corrected chi connectivity index (χ2v) is 5.66. The highest BCUT2D eigenvalue weighted by atomic mass is 79.9. The Hall–Kier alpha value is -0.580. The number of thiazole rings is 1. The Morgan fingerprint density at radius 1 is 1.41 bits per heavy atom. The van der Waals surface area contributed by atoms with E-state index < -0.39 is 0 Å². The molecule has 0 aliphatic rings. The molecule has 0 bridgehead atoms. The zero-order valence-electron chi connectivity index (χ0n) is 9.36. The average molecular weight is 332 g/mol. The van der Waals surface area contributed by atoms with Gasteiger partial charge in [0.1, 0.15) is 0 Å². The van der Waals surface area contributed by atoms with Gasteiger partial charge in [0.2, 0.25) is 0 Å². The van der Waals surface area contributed by atoms with E-state index in [1.807, 2.05) is 24.6 Å². The Bertz CT molecular complexity index is 501. The maximum absolute atomic E-state index is 5.75. The molecule has 5 heteroatoms. The van der Waals surface area contributed by atoms with Crippen molar-refractivity contribution in [1.82, 2.24) is 4.98 Å². The van der Waals surface area contributed by atoms with Crippen LogP contribution in [0.5, 0.6) is 0 Å². The topological polar surface area (TPSA) is 16.1 Å². The molecule has 90 valence electrons. The van der Waals surface area contributed by atoms with Crippen molar-refractivity contribution in [3.63, 3.8) is 0 Å². The van der Waals surface area contributed by atoms with Gasteiger partial charge in [0, 0.05) is 23.4 Å². The number of rotatable bonds is 4. The summed E-state index contributed by atoms with van der Waals surface area (Å²) >= 11 is 10.9. The lowest BCUT2D eigenvalue weighted by Gasteiger charge is -2.16. The number of hydrogen-bond acceptors (Lipinski definition) is 3. The number of aromatic nitrogens is 1. The second kappa shape index (κ2) is 5.85. The first kappa shape index (κ1) is 12.9. The van der Waals surface area contributed by atoms with Crippen molar-refractivity contribution < 1.29 is 0 Å². The summed E-state index contributed by atoms with van der Waals surface area (Å²) in [5.41, 5.74) is 2.18. The molecule has 0 aliphatic carbocycles. The van der Waals surface area contributed by atoms with Gasteiger partial charge < -0.3 is 4.90 Å². The molecule has 0 atom stereocenters. The summed E-state index contributed by atoms with van der Waals surface area (Å²) in [7, 11) is 2.04. The molecular weight excluding hydrogens is 320 g/mol. The van der Waals surface area contributed by atoms with Gasteiger partial charge in [-0.2, -0.15) is 0 Å². The Labute approximate surface area is 118 Å². The van der Waals surface area contributed by atoms with E-state index in [1.54, 1.807) is 11.3 Å². The number of alkyl halides is 1. The predicted octanol–water partition coefficient (Wildman–Crippen LogP) is 4.28. The van der Waals surface area contributed by atoms with E-state index in [0.29, 0.717) is 5.88 Å². The quantitative estimate of drug-likeness (QED) is 0.777. The summed E-state index contributed by atoms with van der Waals surface area (Å²) in [6.45, 7) is 0.830. The summed E-state index contributed by atoms with van der Waals surface area (Å²) in [6.07, 6.45) is 0. The zero-order chi connectivity index (χ0) is 12.3. The number of halogens is 2. The fourth-order valence-electron chi connectivity index (χ4n) is 1.48. The van der Waals surface area contributed by atoms with Gasteiger partial charge in [-0.1, -0.05) is 34.1 Å². The molecule has 0 aliphatic heterocycles. The van der Waals surface area contributed by atoms with Crippen LogP contribution in [0.2, 0.25) is 0 Å². The molecular formula is C12H12BrClN2S. The number of benzene rings is 1. The minimum absolute atomic E-state index is 0.472. The van der Waals surface area contributed by atoms with Crippen LogP contribution in [0.25, 0.3) is 0 Å². The van der Waals surface area contributed by atoms with Crippen LogP contribution in [-0.2, 0) is 12.4 Å². The van der Waals surface area contributed by atoms with Crippen molar-refractivity contribution >= 4 is 44.0 Å². The van der Waals surface area contributed by atoms with Crippen molar-refractivity contribution in [2.75, 3.05) is 11.9 Å². The molecule has 0 saturated heterocycles. The van der Waals surface area contributed by atoms with Crippen LogP contribution in [-0.4, -0.2) is 12.0 Å². The number of anilines is 1. The van der Waals surface area contributed by atoms with Crippen molar-refractivity contribution in [3.05, 3.63) is 45.4 Å². The smallest absolute Gasteiger partial charge is 0.185 e. The molecule has 2 nitrogen and oxygen atoms in total. The molecule has 0 radical (unpaired) electrons. The first-order chi connectivity index (χ1) is 8.20. The standard InChI is InChI=1S/C12H12BrClN2S/c1-16(12-15-10(6-14)8-17-12)7-9-4-2-3-5-11(9)13/h2-5,8H,6-7H2,1H3. The molecule has 2 rings (SSSR count). The van der Waals surface area contributed by atoms with Crippen molar-refractivity contribution in [1.29, 1.82) is 0 Å². The van der Waals surface area contributed by atoms with Crippen LogP contribution in [0.1, 0.15) is 11.3 Å². The number of nitrogens with zero attached hydrogens (tertiary/aromatic N) is 2. The molecule has 0 saturated carbocycles. The third kappa shape index (κ3) is 3.21. The molecule has 17 heavy (non-hydrogen) atoms. The SMILES string of the molecule is CN(Cc1ccccc1Br)c1nc(CCl)cs1. The normalized spacial score (nSPS) is 10.5. The van der Waals surface area contributed by atoms with Gasteiger partial charge in [-0.15, -0.1) is 22.9 Å². The molecule has 0 unspecified atom stereocenters. The fraction of sp³-hybridized carbons (Fsp3) is 0.250. The van der Waals surface area contributed by atoms with Gasteiger partial charge in [-0.05, 0) is 11.6 Å². The minimum atomic E-state index is 0.472. The van der Waals surface area contributed by atoms with Gasteiger partial charge in [-0.25, -0.2) is 4.98 Å². The highest BCUT2D eigenvalue weighted by Gasteiger charge is 2.08. The average Bonchev–Trinajstić information content (AvgIpc) is 2.81. The monoisotopic (exact) mass is 330 g/mol. The molecule has 1 heterocycles. The molecule has 2 aromatic rings. The Balaban J connectivity index is 2.11. The fourth-order valence-corrected chi connectivity index (χ4v) is 2.91. The molecule has 0 amide bonds. The van der Waals surface area contributed by atoms with E-state index in [1.165, 1.54) is 5.56 Å². The molecule has 0 N–H and O–H groups in total. The Morgan fingerprint density at radius 2 is 2.18 bits per heavy atom. The van der Waals surface area contributed by atoms with Crippen molar-refractivity contribution in [3.8, 4) is 0 Å².